The lowest BCUT2D eigenvalue weighted by Crippen LogP contribution is -2.28. The van der Waals surface area contributed by atoms with Crippen molar-refractivity contribution in [2.24, 2.45) is 11.8 Å². The fourth-order valence-corrected chi connectivity index (χ4v) is 5.04. The molecule has 0 aromatic heterocycles. The average Bonchev–Trinajstić information content (AvgIpc) is 1.81. The van der Waals surface area contributed by atoms with Crippen LogP contribution in [-0.2, 0) is 0 Å². The van der Waals surface area contributed by atoms with E-state index >= 15 is 0 Å². The predicted octanol–water partition coefficient (Wildman–Crippen LogP) is 4.59. The summed E-state index contributed by atoms with van der Waals surface area (Å²) in [5, 5.41) is 0.583. The molecule has 1 radical (unpaired) electrons. The molecule has 79 valence electrons. The van der Waals surface area contributed by atoms with Gasteiger partial charge in [0, 0.05) is 0 Å². The quantitative estimate of drug-likeness (QED) is 0.581. The minimum atomic E-state index is -0.159. The minimum absolute atomic E-state index is 0.159. The Morgan fingerprint density at radius 3 is 1.31 bits per heavy atom. The van der Waals surface area contributed by atoms with Crippen LogP contribution in [-0.4, -0.2) is 8.80 Å². The maximum absolute atomic E-state index is 2.42. The van der Waals surface area contributed by atoms with Crippen LogP contribution in [0.4, 0.5) is 0 Å². The summed E-state index contributed by atoms with van der Waals surface area (Å²) in [5.74, 6) is 1.76. The van der Waals surface area contributed by atoms with Crippen LogP contribution >= 0.6 is 0 Å². The first-order valence-corrected chi connectivity index (χ1v) is 7.50. The standard InChI is InChI=1S/C12H27Si/c1-10(2)8-13(9-11(3)4)12(5,6)7/h10-11H,8-9H2,1-7H3. The largest absolute Gasteiger partial charge is 0.0630 e. The van der Waals surface area contributed by atoms with Crippen molar-refractivity contribution in [2.45, 2.75) is 65.6 Å². The second kappa shape index (κ2) is 5.19. The van der Waals surface area contributed by atoms with Crippen molar-refractivity contribution in [1.82, 2.24) is 0 Å². The first kappa shape index (κ1) is 13.2. The SMILES string of the molecule is CC(C)C[Si](CC(C)C)C(C)(C)C. The van der Waals surface area contributed by atoms with E-state index in [1.54, 1.807) is 0 Å². The lowest BCUT2D eigenvalue weighted by Gasteiger charge is -2.31. The van der Waals surface area contributed by atoms with Crippen molar-refractivity contribution in [3.05, 3.63) is 0 Å². The summed E-state index contributed by atoms with van der Waals surface area (Å²) in [6, 6.07) is 2.96. The Morgan fingerprint density at radius 1 is 0.846 bits per heavy atom. The summed E-state index contributed by atoms with van der Waals surface area (Å²) >= 11 is 0. The van der Waals surface area contributed by atoms with E-state index in [2.05, 4.69) is 48.5 Å². The second-order valence-corrected chi connectivity index (χ2v) is 9.57. The smallest absolute Gasteiger partial charge is 0.0542 e. The zero-order valence-corrected chi connectivity index (χ0v) is 11.6. The van der Waals surface area contributed by atoms with E-state index in [1.165, 1.54) is 12.1 Å². The maximum Gasteiger partial charge on any atom is 0.0542 e. The lowest BCUT2D eigenvalue weighted by molar-refractivity contribution is 0.635. The Morgan fingerprint density at radius 2 is 1.15 bits per heavy atom. The zero-order valence-electron chi connectivity index (χ0n) is 10.6. The molecule has 0 rings (SSSR count). The first-order chi connectivity index (χ1) is 5.73. The van der Waals surface area contributed by atoms with Gasteiger partial charge < -0.3 is 0 Å². The molecular formula is C12H27Si. The van der Waals surface area contributed by atoms with Crippen molar-refractivity contribution in [2.75, 3.05) is 0 Å². The normalized spacial score (nSPS) is 13.4. The molecule has 13 heavy (non-hydrogen) atoms. The van der Waals surface area contributed by atoms with Crippen LogP contribution in [0.5, 0.6) is 0 Å². The van der Waals surface area contributed by atoms with Gasteiger partial charge in [-0.25, -0.2) is 0 Å². The van der Waals surface area contributed by atoms with Gasteiger partial charge in [-0.05, 0) is 16.9 Å². The van der Waals surface area contributed by atoms with Crippen molar-refractivity contribution >= 4 is 8.80 Å². The number of hydrogen-bond acceptors (Lipinski definition) is 0. The molecule has 0 aromatic carbocycles. The minimum Gasteiger partial charge on any atom is -0.0630 e. The van der Waals surface area contributed by atoms with Crippen molar-refractivity contribution < 1.29 is 0 Å². The lowest BCUT2D eigenvalue weighted by atomic mass is 10.2. The highest BCUT2D eigenvalue weighted by atomic mass is 28.3. The van der Waals surface area contributed by atoms with Gasteiger partial charge in [0.2, 0.25) is 0 Å². The Kier molecular flexibility index (Phi) is 5.27. The van der Waals surface area contributed by atoms with Crippen LogP contribution in [0.1, 0.15) is 48.5 Å². The molecule has 0 aliphatic heterocycles. The van der Waals surface area contributed by atoms with Crippen LogP contribution < -0.4 is 0 Å². The molecule has 0 spiro atoms. The molecule has 0 aliphatic rings. The Hall–Kier alpha value is 0.217. The van der Waals surface area contributed by atoms with Gasteiger partial charge in [-0.3, -0.25) is 0 Å². The molecule has 1 heteroatoms. The van der Waals surface area contributed by atoms with Gasteiger partial charge in [-0.1, -0.05) is 60.6 Å². The van der Waals surface area contributed by atoms with E-state index in [4.69, 9.17) is 0 Å². The molecule has 0 aromatic rings. The van der Waals surface area contributed by atoms with E-state index in [0.29, 0.717) is 5.04 Å². The Balaban J connectivity index is 4.20. The molecule has 0 heterocycles. The Bertz CT molecular complexity index is 121. The molecule has 0 saturated heterocycles. The maximum atomic E-state index is 2.42. The van der Waals surface area contributed by atoms with E-state index in [-0.39, 0.29) is 8.80 Å². The summed E-state index contributed by atoms with van der Waals surface area (Å²) in [4.78, 5) is 0. The molecule has 0 fully saturated rings. The van der Waals surface area contributed by atoms with Crippen molar-refractivity contribution in [1.29, 1.82) is 0 Å². The molecule has 0 bridgehead atoms. The van der Waals surface area contributed by atoms with E-state index in [1.807, 2.05) is 0 Å². The van der Waals surface area contributed by atoms with Crippen LogP contribution in [0, 0.1) is 11.8 Å². The van der Waals surface area contributed by atoms with Crippen LogP contribution in [0.2, 0.25) is 17.1 Å². The zero-order chi connectivity index (χ0) is 10.6. The fraction of sp³-hybridized carbons (Fsp3) is 1.00. The molecule has 0 atom stereocenters. The molecular weight excluding hydrogens is 172 g/mol. The summed E-state index contributed by atoms with van der Waals surface area (Å²) in [7, 11) is -0.159. The summed E-state index contributed by atoms with van der Waals surface area (Å²) in [6.07, 6.45) is 0. The molecule has 0 N–H and O–H groups in total. The van der Waals surface area contributed by atoms with E-state index < -0.39 is 0 Å². The van der Waals surface area contributed by atoms with Gasteiger partial charge in [0.05, 0.1) is 8.80 Å². The molecule has 0 unspecified atom stereocenters. The highest BCUT2D eigenvalue weighted by Crippen LogP contribution is 2.35. The van der Waals surface area contributed by atoms with Gasteiger partial charge in [-0.2, -0.15) is 0 Å². The highest BCUT2D eigenvalue weighted by Gasteiger charge is 2.27. The summed E-state index contributed by atoms with van der Waals surface area (Å²) in [5.41, 5.74) is 0. The third kappa shape index (κ3) is 6.31. The second-order valence-electron chi connectivity index (χ2n) is 6.05. The van der Waals surface area contributed by atoms with Gasteiger partial charge in [0.25, 0.3) is 0 Å². The van der Waals surface area contributed by atoms with Crippen LogP contribution in [0.3, 0.4) is 0 Å². The van der Waals surface area contributed by atoms with Crippen LogP contribution in [0.25, 0.3) is 0 Å². The topological polar surface area (TPSA) is 0 Å². The predicted molar refractivity (Wildman–Crippen MR) is 64.8 cm³/mol. The number of hydrogen-bond donors (Lipinski definition) is 0. The van der Waals surface area contributed by atoms with Gasteiger partial charge >= 0.3 is 0 Å². The first-order valence-electron chi connectivity index (χ1n) is 5.58. The van der Waals surface area contributed by atoms with E-state index in [0.717, 1.165) is 11.8 Å². The number of rotatable bonds is 4. The fourth-order valence-electron chi connectivity index (χ4n) is 1.68. The van der Waals surface area contributed by atoms with Crippen LogP contribution in [0.15, 0.2) is 0 Å². The third-order valence-electron chi connectivity index (χ3n) is 2.37. The van der Waals surface area contributed by atoms with E-state index in [9.17, 15) is 0 Å². The molecule has 0 amide bonds. The van der Waals surface area contributed by atoms with Crippen molar-refractivity contribution in [3.63, 3.8) is 0 Å². The highest BCUT2D eigenvalue weighted by molar-refractivity contribution is 6.62. The summed E-state index contributed by atoms with van der Waals surface area (Å²) in [6.45, 7) is 16.7. The molecule has 0 nitrogen and oxygen atoms in total. The molecule has 0 aliphatic carbocycles. The van der Waals surface area contributed by atoms with Crippen molar-refractivity contribution in [3.8, 4) is 0 Å². The van der Waals surface area contributed by atoms with Gasteiger partial charge in [-0.15, -0.1) is 0 Å². The van der Waals surface area contributed by atoms with Gasteiger partial charge in [0.15, 0.2) is 0 Å². The monoisotopic (exact) mass is 199 g/mol. The summed E-state index contributed by atoms with van der Waals surface area (Å²) < 4.78 is 0. The average molecular weight is 199 g/mol. The molecule has 0 saturated carbocycles. The Labute approximate surface area is 86.7 Å². The van der Waals surface area contributed by atoms with Gasteiger partial charge in [0.1, 0.15) is 0 Å². The third-order valence-corrected chi connectivity index (χ3v) is 7.11.